The lowest BCUT2D eigenvalue weighted by atomic mass is 9.78. The molecule has 0 saturated carbocycles. The topological polar surface area (TPSA) is 220 Å². The number of benzene rings is 1. The second-order valence-electron chi connectivity index (χ2n) is 10.1. The Morgan fingerprint density at radius 1 is 0.794 bits per heavy atom. The molecule has 9 N–H and O–H groups in total. The summed E-state index contributed by atoms with van der Waals surface area (Å²) in [6.45, 7) is 12.1. The molecule has 14 heteroatoms. The van der Waals surface area contributed by atoms with Crippen molar-refractivity contribution in [1.29, 1.82) is 0 Å². The molecule has 0 aliphatic rings. The lowest BCUT2D eigenvalue weighted by Gasteiger charge is -2.33. The minimum Gasteiger partial charge on any atom is -0.492 e. The number of aliphatic hydroxyl groups is 3. The molecule has 0 amide bonds. The maximum absolute atomic E-state index is 9.63. The number of rotatable bonds is 9. The predicted molar refractivity (Wildman–Crippen MR) is 126 cm³/mol. The molecule has 0 atom stereocenters. The van der Waals surface area contributed by atoms with Gasteiger partial charge in [0.2, 0.25) is 0 Å². The van der Waals surface area contributed by atoms with E-state index in [2.05, 4.69) is 58.0 Å². The van der Waals surface area contributed by atoms with Crippen LogP contribution < -0.4 is 10.5 Å². The molecule has 0 saturated heterocycles. The third-order valence-corrected chi connectivity index (χ3v) is 6.44. The van der Waals surface area contributed by atoms with Crippen molar-refractivity contribution in [2.45, 2.75) is 58.9 Å². The van der Waals surface area contributed by atoms with Crippen molar-refractivity contribution >= 4 is 15.6 Å². The van der Waals surface area contributed by atoms with E-state index in [0.717, 1.165) is 22.4 Å². The predicted octanol–water partition coefficient (Wildman–Crippen LogP) is 1.27. The quantitative estimate of drug-likeness (QED) is 0.211. The van der Waals surface area contributed by atoms with E-state index in [-0.39, 0.29) is 37.3 Å². The van der Waals surface area contributed by atoms with Gasteiger partial charge < -0.3 is 45.4 Å². The normalized spacial score (nSPS) is 13.4. The third kappa shape index (κ3) is 11.2. The first kappa shape index (κ1) is 33.1. The Labute approximate surface area is 200 Å². The number of hydrogen-bond donors (Lipinski definition) is 8. The number of phosphoric acid groups is 2. The smallest absolute Gasteiger partial charge is 0.478 e. The number of nitrogens with two attached hydrogens (primary N) is 1. The zero-order chi connectivity index (χ0) is 27.2. The van der Waals surface area contributed by atoms with Crippen molar-refractivity contribution in [3.05, 3.63) is 28.8 Å². The van der Waals surface area contributed by atoms with Gasteiger partial charge in [0.15, 0.2) is 0 Å². The molecule has 0 radical (unpaired) electrons. The molecule has 1 rings (SSSR count). The van der Waals surface area contributed by atoms with E-state index in [9.17, 15) is 24.4 Å². The van der Waals surface area contributed by atoms with Crippen molar-refractivity contribution in [1.82, 2.24) is 0 Å². The molecular weight excluding hydrogens is 492 g/mol. The molecular formula is C20H39NO11P2. The molecule has 0 spiro atoms. The van der Waals surface area contributed by atoms with E-state index in [1.165, 1.54) is 0 Å². The molecule has 0 unspecified atom stereocenters. The van der Waals surface area contributed by atoms with Gasteiger partial charge in [-0.3, -0.25) is 0 Å². The highest BCUT2D eigenvalue weighted by Gasteiger charge is 2.33. The summed E-state index contributed by atoms with van der Waals surface area (Å²) < 4.78 is 28.4. The fourth-order valence-corrected chi connectivity index (χ4v) is 3.84. The number of hydrogen-bond acceptors (Lipinski definition) is 8. The van der Waals surface area contributed by atoms with Gasteiger partial charge in [-0.25, -0.2) is 9.13 Å². The van der Waals surface area contributed by atoms with Crippen molar-refractivity contribution in [2.24, 2.45) is 11.1 Å². The lowest BCUT2D eigenvalue weighted by Crippen LogP contribution is -2.40. The minimum absolute atomic E-state index is 0.0324. The van der Waals surface area contributed by atoms with Gasteiger partial charge in [0.05, 0.1) is 25.2 Å². The average molecular weight is 531 g/mol. The molecule has 0 aromatic heterocycles. The highest BCUT2D eigenvalue weighted by atomic mass is 31.3. The van der Waals surface area contributed by atoms with E-state index in [1.54, 1.807) is 0 Å². The van der Waals surface area contributed by atoms with Crippen LogP contribution in [0.5, 0.6) is 5.75 Å². The Balaban J connectivity index is 0.00000102. The summed E-state index contributed by atoms with van der Waals surface area (Å²) in [6, 6.07) is 4.12. The molecule has 34 heavy (non-hydrogen) atoms. The van der Waals surface area contributed by atoms with Gasteiger partial charge in [0.25, 0.3) is 0 Å². The van der Waals surface area contributed by atoms with Crippen molar-refractivity contribution in [3.63, 3.8) is 0 Å². The summed E-state index contributed by atoms with van der Waals surface area (Å²) in [5.41, 5.74) is 7.59. The molecule has 200 valence electrons. The monoisotopic (exact) mass is 531 g/mol. The van der Waals surface area contributed by atoms with Crippen LogP contribution in [0.15, 0.2) is 12.1 Å². The summed E-state index contributed by atoms with van der Waals surface area (Å²) in [5.74, 6) is 0.747. The zero-order valence-corrected chi connectivity index (χ0v) is 22.2. The van der Waals surface area contributed by atoms with Crippen LogP contribution >= 0.6 is 15.6 Å². The SMILES string of the molecule is CC(C)(C)c1cc(CN)cc(C(C)(C)C)c1OCC(CO)(CO)CO.O=P(O)(O)OP(=O)(O)O. The van der Waals surface area contributed by atoms with Crippen LogP contribution in [0.2, 0.25) is 0 Å². The van der Waals surface area contributed by atoms with Gasteiger partial charge in [-0.05, 0) is 16.4 Å². The summed E-state index contributed by atoms with van der Waals surface area (Å²) >= 11 is 0. The Morgan fingerprint density at radius 2 is 1.15 bits per heavy atom. The zero-order valence-electron chi connectivity index (χ0n) is 20.4. The van der Waals surface area contributed by atoms with Crippen molar-refractivity contribution in [3.8, 4) is 5.75 Å². The molecule has 0 bridgehead atoms. The highest BCUT2D eigenvalue weighted by molar-refractivity contribution is 7.60. The molecule has 0 fully saturated rings. The first-order valence-corrected chi connectivity index (χ1v) is 13.4. The average Bonchev–Trinajstić information content (AvgIpc) is 2.65. The first-order chi connectivity index (χ1) is 15.1. The molecule has 0 heterocycles. The lowest BCUT2D eigenvalue weighted by molar-refractivity contribution is -0.0265. The summed E-state index contributed by atoms with van der Waals surface area (Å²) in [4.78, 5) is 31.0. The summed E-state index contributed by atoms with van der Waals surface area (Å²) in [7, 11) is -10.1. The maximum Gasteiger partial charge on any atom is 0.478 e. The van der Waals surface area contributed by atoms with E-state index >= 15 is 0 Å². The first-order valence-electron chi connectivity index (χ1n) is 10.3. The van der Waals surface area contributed by atoms with E-state index in [0.29, 0.717) is 6.54 Å². The summed E-state index contributed by atoms with van der Waals surface area (Å²) in [6.07, 6.45) is 0. The third-order valence-electron chi connectivity index (χ3n) is 4.74. The van der Waals surface area contributed by atoms with Gasteiger partial charge in [0.1, 0.15) is 12.4 Å². The van der Waals surface area contributed by atoms with Crippen LogP contribution in [0, 0.1) is 5.41 Å². The molecule has 12 nitrogen and oxygen atoms in total. The van der Waals surface area contributed by atoms with Gasteiger partial charge >= 0.3 is 15.6 Å². The Kier molecular flexibility index (Phi) is 12.1. The fraction of sp³-hybridized carbons (Fsp3) is 0.700. The Bertz CT molecular complexity index is 814. The number of aliphatic hydroxyl groups excluding tert-OH is 3. The van der Waals surface area contributed by atoms with Crippen LogP contribution in [0.4, 0.5) is 0 Å². The maximum atomic E-state index is 9.63. The van der Waals surface area contributed by atoms with Gasteiger partial charge in [-0.15, -0.1) is 0 Å². The van der Waals surface area contributed by atoms with Gasteiger partial charge in [0, 0.05) is 17.7 Å². The van der Waals surface area contributed by atoms with Crippen LogP contribution in [0.3, 0.4) is 0 Å². The largest absolute Gasteiger partial charge is 0.492 e. The van der Waals surface area contributed by atoms with Crippen LogP contribution in [-0.2, 0) is 30.8 Å². The van der Waals surface area contributed by atoms with E-state index < -0.39 is 21.1 Å². The van der Waals surface area contributed by atoms with Crippen molar-refractivity contribution in [2.75, 3.05) is 26.4 Å². The minimum atomic E-state index is -5.05. The van der Waals surface area contributed by atoms with E-state index in [4.69, 9.17) is 30.0 Å². The van der Waals surface area contributed by atoms with Crippen molar-refractivity contribution < 1.29 is 53.1 Å². The Morgan fingerprint density at radius 3 is 1.35 bits per heavy atom. The molecule has 0 aliphatic heterocycles. The van der Waals surface area contributed by atoms with Crippen LogP contribution in [-0.4, -0.2) is 61.3 Å². The standard InChI is InChI=1S/C20H35NO4.H4O7P2/c1-18(2,3)15-7-14(9-21)8-16(19(4,5)6)17(15)25-13-20(10-22,11-23)12-24;1-8(2,3)7-9(4,5)6/h7-8,22-24H,9-13,21H2,1-6H3;(H2,1,2,3)(H2,4,5,6). The molecule has 1 aromatic carbocycles. The van der Waals surface area contributed by atoms with Crippen LogP contribution in [0.1, 0.15) is 58.2 Å². The van der Waals surface area contributed by atoms with Gasteiger partial charge in [-0.1, -0.05) is 53.7 Å². The molecule has 0 aliphatic carbocycles. The number of ether oxygens (including phenoxy) is 1. The second-order valence-corrected chi connectivity index (χ2v) is 12.7. The van der Waals surface area contributed by atoms with E-state index in [1.807, 2.05) is 0 Å². The van der Waals surface area contributed by atoms with Crippen LogP contribution in [0.25, 0.3) is 0 Å². The Hall–Kier alpha value is -0.880. The second kappa shape index (κ2) is 12.4. The fourth-order valence-electron chi connectivity index (χ4n) is 2.73. The highest BCUT2D eigenvalue weighted by Crippen LogP contribution is 2.53. The van der Waals surface area contributed by atoms with Gasteiger partial charge in [-0.2, -0.15) is 4.31 Å². The molecule has 1 aromatic rings. The summed E-state index contributed by atoms with van der Waals surface area (Å²) in [5, 5.41) is 28.7.